The second-order valence-electron chi connectivity index (χ2n) is 6.53. The summed E-state index contributed by atoms with van der Waals surface area (Å²) in [5, 5.41) is 24.5. The van der Waals surface area contributed by atoms with E-state index < -0.39 is 17.5 Å². The largest absolute Gasteiger partial charge is 0.481 e. The summed E-state index contributed by atoms with van der Waals surface area (Å²) in [5.41, 5.74) is -0.335. The number of carbonyl (C=O) groups is 2. The van der Waals surface area contributed by atoms with Crippen LogP contribution in [0.2, 0.25) is 0 Å². The normalized spacial score (nSPS) is 23.4. The number of aliphatic hydroxyl groups is 1. The number of hydrogen-bond donors (Lipinski definition) is 2. The van der Waals surface area contributed by atoms with Crippen LogP contribution >= 0.6 is 0 Å². The summed E-state index contributed by atoms with van der Waals surface area (Å²) >= 11 is 0. The number of rotatable bonds is 4. The molecule has 7 nitrogen and oxygen atoms in total. The molecule has 7 heteroatoms. The highest BCUT2D eigenvalue weighted by atomic mass is 16.4. The van der Waals surface area contributed by atoms with Crippen LogP contribution in [0.25, 0.3) is 0 Å². The molecule has 1 aliphatic rings. The van der Waals surface area contributed by atoms with Crippen LogP contribution in [-0.2, 0) is 18.3 Å². The van der Waals surface area contributed by atoms with E-state index in [2.05, 4.69) is 5.10 Å². The van der Waals surface area contributed by atoms with Crippen LogP contribution in [0.5, 0.6) is 0 Å². The topological polar surface area (TPSA) is 95.7 Å². The van der Waals surface area contributed by atoms with Crippen LogP contribution < -0.4 is 0 Å². The Bertz CT molecular complexity index is 774. The van der Waals surface area contributed by atoms with Crippen molar-refractivity contribution in [3.63, 3.8) is 0 Å². The molecule has 0 unspecified atom stereocenters. The summed E-state index contributed by atoms with van der Waals surface area (Å²) in [6.45, 7) is 0.258. The van der Waals surface area contributed by atoms with Gasteiger partial charge >= 0.3 is 5.97 Å². The van der Waals surface area contributed by atoms with Gasteiger partial charge in [0.1, 0.15) is 11.1 Å². The van der Waals surface area contributed by atoms with Crippen molar-refractivity contribution in [1.82, 2.24) is 14.7 Å². The lowest BCUT2D eigenvalue weighted by atomic mass is 9.72. The number of aromatic nitrogens is 2. The number of carboxylic acids is 1. The van der Waals surface area contributed by atoms with Crippen LogP contribution in [0, 0.1) is 5.41 Å². The lowest BCUT2D eigenvalue weighted by molar-refractivity contribution is -0.161. The first-order chi connectivity index (χ1) is 11.9. The smallest absolute Gasteiger partial charge is 0.314 e. The first-order valence-corrected chi connectivity index (χ1v) is 8.17. The lowest BCUT2D eigenvalue weighted by Crippen LogP contribution is -2.58. The minimum absolute atomic E-state index is 0.0478. The van der Waals surface area contributed by atoms with Gasteiger partial charge < -0.3 is 15.1 Å². The van der Waals surface area contributed by atoms with Crippen LogP contribution in [0.15, 0.2) is 42.6 Å². The Morgan fingerprint density at radius 1 is 1.28 bits per heavy atom. The number of aliphatic hydroxyl groups excluding tert-OH is 1. The molecule has 2 aromatic rings. The van der Waals surface area contributed by atoms with Crippen molar-refractivity contribution in [3.8, 4) is 0 Å². The van der Waals surface area contributed by atoms with Crippen molar-refractivity contribution in [2.45, 2.75) is 18.9 Å². The van der Waals surface area contributed by atoms with Gasteiger partial charge in [-0.15, -0.1) is 0 Å². The van der Waals surface area contributed by atoms with Gasteiger partial charge in [0.2, 0.25) is 0 Å². The Hall–Kier alpha value is -2.67. The molecule has 1 saturated heterocycles. The fraction of sp³-hybridized carbons (Fsp3) is 0.389. The average Bonchev–Trinajstić information content (AvgIpc) is 3.03. The maximum atomic E-state index is 12.7. The molecule has 0 saturated carbocycles. The van der Waals surface area contributed by atoms with Crippen LogP contribution in [-0.4, -0.2) is 56.0 Å². The second kappa shape index (κ2) is 6.68. The number of likely N-dealkylation sites (tertiary alicyclic amines) is 1. The van der Waals surface area contributed by atoms with Crippen LogP contribution in [0.1, 0.15) is 22.5 Å². The van der Waals surface area contributed by atoms with E-state index in [1.165, 1.54) is 9.58 Å². The van der Waals surface area contributed by atoms with Gasteiger partial charge in [-0.3, -0.25) is 14.3 Å². The summed E-state index contributed by atoms with van der Waals surface area (Å²) in [6, 6.07) is 10.8. The van der Waals surface area contributed by atoms with Crippen molar-refractivity contribution in [3.05, 3.63) is 53.9 Å². The van der Waals surface area contributed by atoms with Gasteiger partial charge in [-0.1, -0.05) is 30.3 Å². The Morgan fingerprint density at radius 3 is 2.60 bits per heavy atom. The third-order valence-corrected chi connectivity index (χ3v) is 4.79. The molecule has 3 rings (SSSR count). The number of benzene rings is 1. The van der Waals surface area contributed by atoms with Gasteiger partial charge in [0.25, 0.3) is 5.91 Å². The summed E-state index contributed by atoms with van der Waals surface area (Å²) in [6.07, 6.45) is 1.03. The Labute approximate surface area is 145 Å². The standard InChI is InChI=1S/C18H21N3O4/c1-20-9-7-14(19-20)16(23)21-10-8-15(22)18(12-21,17(24)25)11-13-5-3-2-4-6-13/h2-7,9,15,22H,8,10-12H2,1H3,(H,24,25)/t15-,18-/m1/s1. The molecule has 1 aromatic carbocycles. The number of aryl methyl sites for hydroxylation is 1. The number of aliphatic carboxylic acids is 1. The average molecular weight is 343 g/mol. The molecule has 2 atom stereocenters. The zero-order chi connectivity index (χ0) is 18.0. The molecule has 2 heterocycles. The molecule has 1 aromatic heterocycles. The summed E-state index contributed by atoms with van der Waals surface area (Å²) in [5.74, 6) is -1.41. The number of carbonyl (C=O) groups excluding carboxylic acids is 1. The summed E-state index contributed by atoms with van der Waals surface area (Å²) in [4.78, 5) is 26.2. The number of carboxylic acid groups (broad SMARTS) is 1. The Morgan fingerprint density at radius 2 is 2.00 bits per heavy atom. The highest BCUT2D eigenvalue weighted by Crippen LogP contribution is 2.35. The SMILES string of the molecule is Cn1ccc(C(=O)N2CC[C@@H](O)[C@](Cc3ccccc3)(C(=O)O)C2)n1. The van der Waals surface area contributed by atoms with E-state index in [-0.39, 0.29) is 31.0 Å². The molecular formula is C18H21N3O4. The highest BCUT2D eigenvalue weighted by Gasteiger charge is 2.50. The monoisotopic (exact) mass is 343 g/mol. The van der Waals surface area contributed by atoms with Crippen molar-refractivity contribution < 1.29 is 19.8 Å². The van der Waals surface area contributed by atoms with E-state index in [0.29, 0.717) is 6.54 Å². The van der Waals surface area contributed by atoms with Crippen molar-refractivity contribution in [2.75, 3.05) is 13.1 Å². The second-order valence-corrected chi connectivity index (χ2v) is 6.53. The molecule has 0 bridgehead atoms. The molecule has 0 radical (unpaired) electrons. The van der Waals surface area contributed by atoms with E-state index in [4.69, 9.17) is 0 Å². The number of hydrogen-bond acceptors (Lipinski definition) is 4. The maximum Gasteiger partial charge on any atom is 0.314 e. The minimum Gasteiger partial charge on any atom is -0.481 e. The molecule has 1 aliphatic heterocycles. The van der Waals surface area contributed by atoms with Gasteiger partial charge in [-0.25, -0.2) is 0 Å². The summed E-state index contributed by atoms with van der Waals surface area (Å²) < 4.78 is 1.53. The first kappa shape index (κ1) is 17.2. The predicted molar refractivity (Wildman–Crippen MR) is 90.0 cm³/mol. The molecule has 132 valence electrons. The molecule has 0 aliphatic carbocycles. The van der Waals surface area contributed by atoms with Crippen LogP contribution in [0.3, 0.4) is 0 Å². The highest BCUT2D eigenvalue weighted by molar-refractivity contribution is 5.93. The van der Waals surface area contributed by atoms with Crippen molar-refractivity contribution >= 4 is 11.9 Å². The predicted octanol–water partition coefficient (Wildman–Crippen LogP) is 0.941. The Balaban J connectivity index is 1.88. The number of amides is 1. The maximum absolute atomic E-state index is 12.7. The molecular weight excluding hydrogens is 322 g/mol. The van der Waals surface area contributed by atoms with E-state index >= 15 is 0 Å². The van der Waals surface area contributed by atoms with E-state index in [1.54, 1.807) is 19.3 Å². The molecule has 1 fully saturated rings. The van der Waals surface area contributed by atoms with Gasteiger partial charge in [0, 0.05) is 26.3 Å². The fourth-order valence-electron chi connectivity index (χ4n) is 3.36. The van der Waals surface area contributed by atoms with Crippen molar-refractivity contribution in [1.29, 1.82) is 0 Å². The summed E-state index contributed by atoms with van der Waals surface area (Å²) in [7, 11) is 1.72. The van der Waals surface area contributed by atoms with E-state index in [0.717, 1.165) is 5.56 Å². The quantitative estimate of drug-likeness (QED) is 0.861. The molecule has 2 N–H and O–H groups in total. The van der Waals surface area contributed by atoms with Gasteiger partial charge in [-0.05, 0) is 24.5 Å². The van der Waals surface area contributed by atoms with Crippen LogP contribution in [0.4, 0.5) is 0 Å². The zero-order valence-electron chi connectivity index (χ0n) is 14.0. The van der Waals surface area contributed by atoms with Crippen molar-refractivity contribution in [2.24, 2.45) is 12.5 Å². The lowest BCUT2D eigenvalue weighted by Gasteiger charge is -2.43. The fourth-order valence-corrected chi connectivity index (χ4v) is 3.36. The third kappa shape index (κ3) is 3.28. The molecule has 0 spiro atoms. The van der Waals surface area contributed by atoms with Gasteiger partial charge in [-0.2, -0.15) is 5.10 Å². The first-order valence-electron chi connectivity index (χ1n) is 8.17. The molecule has 25 heavy (non-hydrogen) atoms. The number of piperidine rings is 1. The van der Waals surface area contributed by atoms with E-state index in [9.17, 15) is 19.8 Å². The number of nitrogens with zero attached hydrogens (tertiary/aromatic N) is 3. The van der Waals surface area contributed by atoms with Gasteiger partial charge in [0.05, 0.1) is 6.10 Å². The third-order valence-electron chi connectivity index (χ3n) is 4.79. The van der Waals surface area contributed by atoms with E-state index in [1.807, 2.05) is 30.3 Å². The minimum atomic E-state index is -1.43. The van der Waals surface area contributed by atoms with Gasteiger partial charge in [0.15, 0.2) is 0 Å². The zero-order valence-corrected chi connectivity index (χ0v) is 14.0. The molecule has 1 amide bonds. The Kier molecular flexibility index (Phi) is 4.59.